The monoisotopic (exact) mass is 257 g/mol. The molecule has 17 heavy (non-hydrogen) atoms. The molecule has 1 aromatic rings. The zero-order valence-corrected chi connectivity index (χ0v) is 10.1. The lowest BCUT2D eigenvalue weighted by Crippen LogP contribution is -2.11. The van der Waals surface area contributed by atoms with Crippen LogP contribution in [-0.2, 0) is 4.79 Å². The third-order valence-electron chi connectivity index (χ3n) is 2.02. The number of carboxylic acid groups (broad SMARTS) is 1. The molecule has 0 saturated heterocycles. The lowest BCUT2D eigenvalue weighted by molar-refractivity contribution is -0.387. The van der Waals surface area contributed by atoms with Gasteiger partial charge in [-0.15, -0.1) is 11.8 Å². The molecule has 1 aromatic carbocycles. The molecule has 0 saturated carbocycles. The Morgan fingerprint density at radius 3 is 2.71 bits per heavy atom. The van der Waals surface area contributed by atoms with E-state index in [1.165, 1.54) is 32.2 Å². The van der Waals surface area contributed by atoms with Crippen LogP contribution in [0.25, 0.3) is 0 Å². The van der Waals surface area contributed by atoms with E-state index < -0.39 is 16.1 Å². The fraction of sp³-hybridized carbons (Fsp3) is 0.300. The SMILES string of the molecule is COc1ccc([N+](=O)[O-])c(SC(C)C(=O)O)c1. The van der Waals surface area contributed by atoms with E-state index in [0.29, 0.717) is 5.75 Å². The van der Waals surface area contributed by atoms with Crippen molar-refractivity contribution in [3.63, 3.8) is 0 Å². The van der Waals surface area contributed by atoms with Gasteiger partial charge in [0.15, 0.2) is 0 Å². The van der Waals surface area contributed by atoms with Gasteiger partial charge in [0.1, 0.15) is 11.0 Å². The van der Waals surface area contributed by atoms with Crippen molar-refractivity contribution in [2.24, 2.45) is 0 Å². The predicted octanol–water partition coefficient (Wildman–Crippen LogP) is 2.17. The van der Waals surface area contributed by atoms with E-state index in [1.54, 1.807) is 0 Å². The number of hydrogen-bond donors (Lipinski definition) is 1. The van der Waals surface area contributed by atoms with Crippen molar-refractivity contribution in [2.45, 2.75) is 17.1 Å². The Bertz CT molecular complexity index is 448. The summed E-state index contributed by atoms with van der Waals surface area (Å²) in [7, 11) is 1.44. The molecule has 0 aliphatic rings. The van der Waals surface area contributed by atoms with Gasteiger partial charge < -0.3 is 9.84 Å². The predicted molar refractivity (Wildman–Crippen MR) is 62.6 cm³/mol. The Balaban J connectivity index is 3.09. The summed E-state index contributed by atoms with van der Waals surface area (Å²) in [5, 5.41) is 18.8. The summed E-state index contributed by atoms with van der Waals surface area (Å²) >= 11 is 0.915. The lowest BCUT2D eigenvalue weighted by atomic mass is 10.3. The number of nitro benzene ring substituents is 1. The minimum Gasteiger partial charge on any atom is -0.497 e. The summed E-state index contributed by atoms with van der Waals surface area (Å²) in [5.74, 6) is -0.567. The minimum absolute atomic E-state index is 0.121. The van der Waals surface area contributed by atoms with Gasteiger partial charge in [0.25, 0.3) is 5.69 Å². The molecular weight excluding hydrogens is 246 g/mol. The second-order valence-corrected chi connectivity index (χ2v) is 4.57. The number of carbonyl (C=O) groups is 1. The van der Waals surface area contributed by atoms with Crippen LogP contribution in [0.15, 0.2) is 23.1 Å². The summed E-state index contributed by atoms with van der Waals surface area (Å²) in [6.07, 6.45) is 0. The van der Waals surface area contributed by atoms with Crippen molar-refractivity contribution >= 4 is 23.4 Å². The smallest absolute Gasteiger partial charge is 0.316 e. The molecule has 1 atom stereocenters. The summed E-state index contributed by atoms with van der Waals surface area (Å²) in [6, 6.07) is 4.23. The Labute approximate surface area is 102 Å². The molecule has 1 rings (SSSR count). The summed E-state index contributed by atoms with van der Waals surface area (Å²) in [5.41, 5.74) is -0.121. The number of hydrogen-bond acceptors (Lipinski definition) is 5. The van der Waals surface area contributed by atoms with Gasteiger partial charge in [-0.1, -0.05) is 0 Å². The van der Waals surface area contributed by atoms with Crippen molar-refractivity contribution in [2.75, 3.05) is 7.11 Å². The Kier molecular flexibility index (Phi) is 4.33. The van der Waals surface area contributed by atoms with E-state index in [2.05, 4.69) is 0 Å². The molecule has 1 unspecified atom stereocenters. The first kappa shape index (κ1) is 13.3. The van der Waals surface area contributed by atoms with Crippen LogP contribution < -0.4 is 4.74 Å². The number of methoxy groups -OCH3 is 1. The second-order valence-electron chi connectivity index (χ2n) is 3.19. The van der Waals surface area contributed by atoms with Crippen LogP contribution in [0.1, 0.15) is 6.92 Å². The van der Waals surface area contributed by atoms with Crippen LogP contribution in [-0.4, -0.2) is 28.4 Å². The van der Waals surface area contributed by atoms with Gasteiger partial charge in [-0.2, -0.15) is 0 Å². The molecule has 7 heteroatoms. The first-order valence-electron chi connectivity index (χ1n) is 4.67. The first-order chi connectivity index (χ1) is 7.95. The van der Waals surface area contributed by atoms with E-state index in [-0.39, 0.29) is 10.6 Å². The standard InChI is InChI=1S/C10H11NO5S/c1-6(10(12)13)17-9-5-7(16-2)3-4-8(9)11(14)15/h3-6H,1-2H3,(H,12,13). The molecule has 0 radical (unpaired) electrons. The molecule has 0 fully saturated rings. The summed E-state index contributed by atoms with van der Waals surface area (Å²) in [6.45, 7) is 1.47. The highest BCUT2D eigenvalue weighted by molar-refractivity contribution is 8.00. The number of carboxylic acids is 1. The molecule has 0 aliphatic carbocycles. The lowest BCUT2D eigenvalue weighted by Gasteiger charge is -2.08. The van der Waals surface area contributed by atoms with Crippen molar-refractivity contribution in [3.8, 4) is 5.75 Å². The molecule has 0 aliphatic heterocycles. The molecule has 92 valence electrons. The molecule has 0 amide bonds. The largest absolute Gasteiger partial charge is 0.497 e. The molecular formula is C10H11NO5S. The second kappa shape index (κ2) is 5.53. The number of nitrogens with zero attached hydrogens (tertiary/aromatic N) is 1. The zero-order valence-electron chi connectivity index (χ0n) is 9.25. The number of ether oxygens (including phenoxy) is 1. The number of aliphatic carboxylic acids is 1. The summed E-state index contributed by atoms with van der Waals surface area (Å²) < 4.78 is 4.95. The fourth-order valence-electron chi connectivity index (χ4n) is 1.11. The third-order valence-corrected chi connectivity index (χ3v) is 3.15. The van der Waals surface area contributed by atoms with Crippen molar-refractivity contribution < 1.29 is 19.6 Å². The molecule has 0 spiro atoms. The van der Waals surface area contributed by atoms with E-state index in [1.807, 2.05) is 0 Å². The zero-order chi connectivity index (χ0) is 13.0. The fourth-order valence-corrected chi connectivity index (χ4v) is 2.04. The van der Waals surface area contributed by atoms with Gasteiger partial charge in [0.05, 0.1) is 16.9 Å². The van der Waals surface area contributed by atoms with Crippen LogP contribution in [0.5, 0.6) is 5.75 Å². The number of nitro groups is 1. The van der Waals surface area contributed by atoms with Crippen molar-refractivity contribution in [1.82, 2.24) is 0 Å². The quantitative estimate of drug-likeness (QED) is 0.494. The average molecular weight is 257 g/mol. The third kappa shape index (κ3) is 3.35. The topological polar surface area (TPSA) is 89.7 Å². The molecule has 0 heterocycles. The molecule has 0 aromatic heterocycles. The van der Waals surface area contributed by atoms with Crippen LogP contribution >= 0.6 is 11.8 Å². The van der Waals surface area contributed by atoms with Gasteiger partial charge in [-0.05, 0) is 13.0 Å². The number of thioether (sulfide) groups is 1. The molecule has 1 N–H and O–H groups in total. The Morgan fingerprint density at radius 1 is 1.59 bits per heavy atom. The average Bonchev–Trinajstić information content (AvgIpc) is 2.28. The Morgan fingerprint density at radius 2 is 2.24 bits per heavy atom. The maximum atomic E-state index is 10.8. The van der Waals surface area contributed by atoms with E-state index >= 15 is 0 Å². The molecule has 6 nitrogen and oxygen atoms in total. The first-order valence-corrected chi connectivity index (χ1v) is 5.55. The van der Waals surface area contributed by atoms with Crippen molar-refractivity contribution in [1.29, 1.82) is 0 Å². The van der Waals surface area contributed by atoms with E-state index in [4.69, 9.17) is 9.84 Å². The minimum atomic E-state index is -1.02. The normalized spacial score (nSPS) is 11.9. The summed E-state index contributed by atoms with van der Waals surface area (Å²) in [4.78, 5) is 21.2. The van der Waals surface area contributed by atoms with Crippen LogP contribution in [0.3, 0.4) is 0 Å². The number of benzene rings is 1. The van der Waals surface area contributed by atoms with Gasteiger partial charge in [0.2, 0.25) is 0 Å². The Hall–Kier alpha value is -1.76. The van der Waals surface area contributed by atoms with Crippen LogP contribution in [0.4, 0.5) is 5.69 Å². The highest BCUT2D eigenvalue weighted by Gasteiger charge is 2.20. The maximum Gasteiger partial charge on any atom is 0.316 e. The highest BCUT2D eigenvalue weighted by atomic mass is 32.2. The van der Waals surface area contributed by atoms with Crippen molar-refractivity contribution in [3.05, 3.63) is 28.3 Å². The van der Waals surface area contributed by atoms with Gasteiger partial charge in [0, 0.05) is 12.1 Å². The van der Waals surface area contributed by atoms with Gasteiger partial charge in [-0.25, -0.2) is 0 Å². The van der Waals surface area contributed by atoms with Gasteiger partial charge in [-0.3, -0.25) is 14.9 Å². The highest BCUT2D eigenvalue weighted by Crippen LogP contribution is 2.34. The van der Waals surface area contributed by atoms with Gasteiger partial charge >= 0.3 is 5.97 Å². The van der Waals surface area contributed by atoms with E-state index in [9.17, 15) is 14.9 Å². The maximum absolute atomic E-state index is 10.8. The van der Waals surface area contributed by atoms with E-state index in [0.717, 1.165) is 11.8 Å². The number of rotatable bonds is 5. The van der Waals surface area contributed by atoms with Crippen LogP contribution in [0.2, 0.25) is 0 Å². The van der Waals surface area contributed by atoms with Crippen LogP contribution in [0, 0.1) is 10.1 Å². The molecule has 0 bridgehead atoms.